The molecule has 0 aromatic rings. The minimum atomic E-state index is -0.876. The van der Waals surface area contributed by atoms with E-state index in [1.807, 2.05) is 6.08 Å². The van der Waals surface area contributed by atoms with Gasteiger partial charge in [-0.25, -0.2) is 0 Å². The van der Waals surface area contributed by atoms with Gasteiger partial charge in [-0.1, -0.05) is 31.9 Å². The van der Waals surface area contributed by atoms with Gasteiger partial charge in [-0.05, 0) is 25.7 Å². The van der Waals surface area contributed by atoms with Crippen molar-refractivity contribution in [2.45, 2.75) is 52.1 Å². The molecule has 128 valence electrons. The van der Waals surface area contributed by atoms with Gasteiger partial charge < -0.3 is 15.3 Å². The van der Waals surface area contributed by atoms with Crippen LogP contribution in [0, 0.1) is 0 Å². The number of rotatable bonds is 13. The molecule has 0 spiro atoms. The molecule has 0 fully saturated rings. The molecule has 0 rings (SSSR count). The van der Waals surface area contributed by atoms with Gasteiger partial charge in [0.05, 0.1) is 19.1 Å². The number of aliphatic carboxylic acids is 1. The SMILES string of the molecule is CCCCC/C=C/C([O-])=NCCN(CCC(=O)O)CC(C)O.[Na+]. The van der Waals surface area contributed by atoms with Gasteiger partial charge in [0.2, 0.25) is 0 Å². The molecule has 0 aromatic carbocycles. The molecule has 1 unspecified atom stereocenters. The maximum atomic E-state index is 11.5. The fourth-order valence-corrected chi connectivity index (χ4v) is 1.97. The fraction of sp³-hybridized carbons (Fsp3) is 0.750. The number of carboxylic acids is 1. The first-order valence-electron chi connectivity index (χ1n) is 7.96. The van der Waals surface area contributed by atoms with E-state index in [2.05, 4.69) is 11.9 Å². The van der Waals surface area contributed by atoms with Gasteiger partial charge in [-0.3, -0.25) is 14.7 Å². The Balaban J connectivity index is 0. The summed E-state index contributed by atoms with van der Waals surface area (Å²) in [5, 5.41) is 29.6. The molecule has 23 heavy (non-hydrogen) atoms. The number of aliphatic imine (C=N–C) groups is 1. The second kappa shape index (κ2) is 16.5. The molecule has 0 bridgehead atoms. The predicted molar refractivity (Wildman–Crippen MR) is 86.0 cm³/mol. The van der Waals surface area contributed by atoms with Crippen LogP contribution in [-0.2, 0) is 4.79 Å². The standard InChI is InChI=1S/C16H30N2O4.Na/c1-3-4-5-6-7-8-15(20)17-10-12-18(13-14(2)19)11-9-16(21)22;/h7-8,14,19H,3-6,9-13H2,1-2H3,(H,17,20)(H,21,22);/q;+1/p-1/b8-7+;. The van der Waals surface area contributed by atoms with Gasteiger partial charge in [0.15, 0.2) is 0 Å². The largest absolute Gasteiger partial charge is 1.00 e. The second-order valence-electron chi connectivity index (χ2n) is 5.41. The number of aliphatic hydroxyl groups is 1. The number of nitrogens with zero attached hydrogens (tertiary/aromatic N) is 2. The summed E-state index contributed by atoms with van der Waals surface area (Å²) in [6, 6.07) is 0. The molecule has 0 aliphatic carbocycles. The van der Waals surface area contributed by atoms with Crippen molar-refractivity contribution in [1.82, 2.24) is 4.90 Å². The summed E-state index contributed by atoms with van der Waals surface area (Å²) in [6.07, 6.45) is 7.10. The van der Waals surface area contributed by atoms with Crippen LogP contribution in [-0.4, -0.2) is 59.3 Å². The van der Waals surface area contributed by atoms with E-state index in [4.69, 9.17) is 5.11 Å². The molecule has 7 heteroatoms. The molecule has 0 saturated heterocycles. The van der Waals surface area contributed by atoms with E-state index in [0.29, 0.717) is 26.2 Å². The maximum Gasteiger partial charge on any atom is 1.00 e. The van der Waals surface area contributed by atoms with Crippen LogP contribution in [0.25, 0.3) is 0 Å². The van der Waals surface area contributed by atoms with Crippen molar-refractivity contribution in [2.75, 3.05) is 26.2 Å². The van der Waals surface area contributed by atoms with Crippen LogP contribution in [0.15, 0.2) is 17.1 Å². The van der Waals surface area contributed by atoms with Crippen LogP contribution >= 0.6 is 0 Å². The van der Waals surface area contributed by atoms with Crippen molar-refractivity contribution in [2.24, 2.45) is 4.99 Å². The van der Waals surface area contributed by atoms with Gasteiger partial charge in [-0.2, -0.15) is 0 Å². The minimum absolute atomic E-state index is 0. The molecule has 6 nitrogen and oxygen atoms in total. The van der Waals surface area contributed by atoms with Crippen molar-refractivity contribution in [3.05, 3.63) is 12.2 Å². The Kier molecular flexibility index (Phi) is 17.8. The monoisotopic (exact) mass is 336 g/mol. The molecule has 0 aliphatic rings. The maximum absolute atomic E-state index is 11.5. The summed E-state index contributed by atoms with van der Waals surface area (Å²) in [5.41, 5.74) is 0. The van der Waals surface area contributed by atoms with Crippen molar-refractivity contribution in [3.8, 4) is 0 Å². The summed E-state index contributed by atoms with van der Waals surface area (Å²) in [5.74, 6) is -1.13. The van der Waals surface area contributed by atoms with Crippen molar-refractivity contribution < 1.29 is 49.7 Å². The van der Waals surface area contributed by atoms with E-state index in [-0.39, 0.29) is 41.9 Å². The van der Waals surface area contributed by atoms with Gasteiger partial charge in [-0.15, -0.1) is 0 Å². The molecule has 0 radical (unpaired) electrons. The van der Waals surface area contributed by atoms with Crippen LogP contribution in [0.4, 0.5) is 0 Å². The van der Waals surface area contributed by atoms with Crippen LogP contribution in [0.1, 0.15) is 46.0 Å². The zero-order valence-electron chi connectivity index (χ0n) is 14.7. The van der Waals surface area contributed by atoms with Crippen molar-refractivity contribution in [3.63, 3.8) is 0 Å². The van der Waals surface area contributed by atoms with Crippen LogP contribution < -0.4 is 34.7 Å². The number of allylic oxidation sites excluding steroid dienone is 1. The molecule has 2 N–H and O–H groups in total. The van der Waals surface area contributed by atoms with E-state index < -0.39 is 12.1 Å². The topological polar surface area (TPSA) is 96.2 Å². The van der Waals surface area contributed by atoms with Gasteiger partial charge in [0.25, 0.3) is 0 Å². The third kappa shape index (κ3) is 17.8. The van der Waals surface area contributed by atoms with E-state index in [1.165, 1.54) is 6.08 Å². The van der Waals surface area contributed by atoms with Gasteiger partial charge >= 0.3 is 35.5 Å². The number of carboxylic acid groups (broad SMARTS) is 1. The third-order valence-corrected chi connectivity index (χ3v) is 3.08. The van der Waals surface area contributed by atoms with E-state index in [0.717, 1.165) is 25.7 Å². The average molecular weight is 336 g/mol. The average Bonchev–Trinajstić information content (AvgIpc) is 2.43. The second-order valence-corrected chi connectivity index (χ2v) is 5.41. The Morgan fingerprint density at radius 1 is 1.35 bits per heavy atom. The summed E-state index contributed by atoms with van der Waals surface area (Å²) >= 11 is 0. The molecular formula is C16H29N2NaO4. The summed E-state index contributed by atoms with van der Waals surface area (Å²) < 4.78 is 0. The minimum Gasteiger partial charge on any atom is -0.859 e. The van der Waals surface area contributed by atoms with Crippen LogP contribution in [0.3, 0.4) is 0 Å². The van der Waals surface area contributed by atoms with Gasteiger partial charge in [0, 0.05) is 19.6 Å². The third-order valence-electron chi connectivity index (χ3n) is 3.08. The summed E-state index contributed by atoms with van der Waals surface area (Å²) in [6.45, 7) is 5.28. The molecule has 1 atom stereocenters. The molecule has 0 amide bonds. The number of carbonyl (C=O) groups is 1. The quantitative estimate of drug-likeness (QED) is 0.176. The van der Waals surface area contributed by atoms with E-state index in [9.17, 15) is 15.0 Å². The Morgan fingerprint density at radius 2 is 2.04 bits per heavy atom. The molecule has 0 saturated carbocycles. The van der Waals surface area contributed by atoms with E-state index >= 15 is 0 Å². The Morgan fingerprint density at radius 3 is 2.61 bits per heavy atom. The number of unbranched alkanes of at least 4 members (excludes halogenated alkanes) is 3. The fourth-order valence-electron chi connectivity index (χ4n) is 1.97. The Bertz CT molecular complexity index is 360. The predicted octanol–water partition coefficient (Wildman–Crippen LogP) is -1.96. The zero-order valence-corrected chi connectivity index (χ0v) is 16.7. The normalized spacial score (nSPS) is 13.3. The summed E-state index contributed by atoms with van der Waals surface area (Å²) in [7, 11) is 0. The number of hydrogen-bond donors (Lipinski definition) is 2. The van der Waals surface area contributed by atoms with E-state index in [1.54, 1.807) is 11.8 Å². The number of hydrogen-bond acceptors (Lipinski definition) is 5. The molecule has 0 aromatic heterocycles. The molecule has 0 heterocycles. The molecule has 0 aliphatic heterocycles. The summed E-state index contributed by atoms with van der Waals surface area (Å²) in [4.78, 5) is 16.3. The first kappa shape index (κ1) is 24.8. The van der Waals surface area contributed by atoms with Crippen LogP contribution in [0.2, 0.25) is 0 Å². The molecular weight excluding hydrogens is 307 g/mol. The Labute approximate surface area is 161 Å². The number of aliphatic hydroxyl groups excluding tert-OH is 1. The smallest absolute Gasteiger partial charge is 0.859 e. The van der Waals surface area contributed by atoms with Crippen LogP contribution in [0.5, 0.6) is 0 Å². The zero-order chi connectivity index (χ0) is 16.8. The first-order valence-corrected chi connectivity index (χ1v) is 7.96. The van der Waals surface area contributed by atoms with Gasteiger partial charge in [0.1, 0.15) is 0 Å². The first-order chi connectivity index (χ1) is 10.5. The van der Waals surface area contributed by atoms with Crippen molar-refractivity contribution in [1.29, 1.82) is 0 Å². The van der Waals surface area contributed by atoms with Crippen molar-refractivity contribution >= 4 is 11.9 Å². The Hall–Kier alpha value is -0.400.